The number of nitrogens with one attached hydrogen (secondary N) is 2. The Hall–Kier alpha value is -1.30. The van der Waals surface area contributed by atoms with E-state index in [2.05, 4.69) is 32.7 Å². The number of hydrogen-bond acceptors (Lipinski definition) is 3. The number of aliphatic imine (C=N–C) groups is 1. The fraction of sp³-hybridized carbons (Fsp3) is 0.650. The van der Waals surface area contributed by atoms with E-state index in [4.69, 9.17) is 16.3 Å². The van der Waals surface area contributed by atoms with E-state index in [-0.39, 0.29) is 5.41 Å². The van der Waals surface area contributed by atoms with Crippen molar-refractivity contribution in [3.8, 4) is 0 Å². The number of ether oxygens (including phenoxy) is 1. The summed E-state index contributed by atoms with van der Waals surface area (Å²) in [6.07, 6.45) is 4.77. The number of guanidine groups is 1. The van der Waals surface area contributed by atoms with E-state index in [0.717, 1.165) is 63.3 Å². The van der Waals surface area contributed by atoms with Gasteiger partial charge in [-0.1, -0.05) is 23.7 Å². The standard InChI is InChI=1S/C20H31ClN4O/c1-22-19(23-9-2-3-10-25-11-13-26-14-12-25)24-16-20(7-8-20)17-5-4-6-18(21)15-17/h4-6,15H,2-3,7-14,16H2,1H3,(H2,22,23,24). The quantitative estimate of drug-likeness (QED) is 0.415. The first-order chi connectivity index (χ1) is 12.7. The molecule has 0 atom stereocenters. The molecule has 1 aromatic carbocycles. The molecule has 0 amide bonds. The summed E-state index contributed by atoms with van der Waals surface area (Å²) in [6, 6.07) is 8.26. The molecule has 26 heavy (non-hydrogen) atoms. The Morgan fingerprint density at radius 2 is 2.04 bits per heavy atom. The van der Waals surface area contributed by atoms with Gasteiger partial charge in [0.25, 0.3) is 0 Å². The van der Waals surface area contributed by atoms with Crippen LogP contribution in [0.4, 0.5) is 0 Å². The van der Waals surface area contributed by atoms with Crippen LogP contribution in [0.2, 0.25) is 5.02 Å². The van der Waals surface area contributed by atoms with Crippen LogP contribution in [0.25, 0.3) is 0 Å². The molecule has 1 aromatic rings. The van der Waals surface area contributed by atoms with Crippen molar-refractivity contribution >= 4 is 17.6 Å². The first-order valence-corrected chi connectivity index (χ1v) is 10.1. The van der Waals surface area contributed by atoms with Crippen LogP contribution in [0.1, 0.15) is 31.2 Å². The van der Waals surface area contributed by atoms with Crippen molar-refractivity contribution in [1.29, 1.82) is 0 Å². The second-order valence-electron chi connectivity index (χ2n) is 7.30. The van der Waals surface area contributed by atoms with E-state index < -0.39 is 0 Å². The van der Waals surface area contributed by atoms with Crippen molar-refractivity contribution in [3.63, 3.8) is 0 Å². The molecule has 0 aromatic heterocycles. The lowest BCUT2D eigenvalue weighted by Gasteiger charge is -2.26. The minimum absolute atomic E-state index is 0.221. The summed E-state index contributed by atoms with van der Waals surface area (Å²) in [7, 11) is 1.84. The van der Waals surface area contributed by atoms with Gasteiger partial charge in [0.15, 0.2) is 5.96 Å². The summed E-state index contributed by atoms with van der Waals surface area (Å²) < 4.78 is 5.39. The van der Waals surface area contributed by atoms with E-state index in [1.165, 1.54) is 24.8 Å². The topological polar surface area (TPSA) is 48.9 Å². The van der Waals surface area contributed by atoms with Gasteiger partial charge in [0.1, 0.15) is 0 Å². The zero-order valence-corrected chi connectivity index (χ0v) is 16.5. The number of morpholine rings is 1. The first-order valence-electron chi connectivity index (χ1n) is 9.72. The third-order valence-electron chi connectivity index (χ3n) is 5.41. The lowest BCUT2D eigenvalue weighted by atomic mass is 9.96. The van der Waals surface area contributed by atoms with Gasteiger partial charge in [-0.3, -0.25) is 9.89 Å². The summed E-state index contributed by atoms with van der Waals surface area (Å²) in [5, 5.41) is 7.76. The highest BCUT2D eigenvalue weighted by atomic mass is 35.5. The Balaban J connectivity index is 1.34. The second-order valence-corrected chi connectivity index (χ2v) is 7.74. The van der Waals surface area contributed by atoms with Gasteiger partial charge >= 0.3 is 0 Å². The molecule has 0 radical (unpaired) electrons. The monoisotopic (exact) mass is 378 g/mol. The van der Waals surface area contributed by atoms with E-state index in [0.29, 0.717) is 0 Å². The summed E-state index contributed by atoms with van der Waals surface area (Å²) in [6.45, 7) is 6.92. The smallest absolute Gasteiger partial charge is 0.191 e. The van der Waals surface area contributed by atoms with Crippen LogP contribution in [0.3, 0.4) is 0 Å². The van der Waals surface area contributed by atoms with Gasteiger partial charge in [0.2, 0.25) is 0 Å². The molecular formula is C20H31ClN4O. The molecule has 144 valence electrons. The highest BCUT2D eigenvalue weighted by molar-refractivity contribution is 6.30. The van der Waals surface area contributed by atoms with Crippen LogP contribution in [0.15, 0.2) is 29.3 Å². The average Bonchev–Trinajstić information content (AvgIpc) is 3.46. The Labute approximate surface area is 162 Å². The maximum Gasteiger partial charge on any atom is 0.191 e. The normalized spacial score (nSPS) is 20.0. The molecule has 6 heteroatoms. The van der Waals surface area contributed by atoms with Crippen LogP contribution in [0.5, 0.6) is 0 Å². The summed E-state index contributed by atoms with van der Waals surface area (Å²) in [5.41, 5.74) is 1.55. The lowest BCUT2D eigenvalue weighted by molar-refractivity contribution is 0.0372. The van der Waals surface area contributed by atoms with E-state index >= 15 is 0 Å². The molecule has 5 nitrogen and oxygen atoms in total. The number of unbranched alkanes of at least 4 members (excludes halogenated alkanes) is 1. The molecule has 0 bridgehead atoms. The van der Waals surface area contributed by atoms with Gasteiger partial charge in [0, 0.05) is 43.7 Å². The van der Waals surface area contributed by atoms with Crippen LogP contribution >= 0.6 is 11.6 Å². The van der Waals surface area contributed by atoms with Gasteiger partial charge in [-0.2, -0.15) is 0 Å². The molecule has 0 unspecified atom stereocenters. The minimum Gasteiger partial charge on any atom is -0.379 e. The number of halogens is 1. The molecule has 2 fully saturated rings. The third kappa shape index (κ3) is 5.60. The average molecular weight is 379 g/mol. The predicted octanol–water partition coefficient (Wildman–Crippen LogP) is 2.65. The van der Waals surface area contributed by atoms with Crippen molar-refractivity contribution in [1.82, 2.24) is 15.5 Å². The van der Waals surface area contributed by atoms with Crippen molar-refractivity contribution < 1.29 is 4.74 Å². The molecule has 1 saturated carbocycles. The third-order valence-corrected chi connectivity index (χ3v) is 5.64. The van der Waals surface area contributed by atoms with Crippen LogP contribution in [-0.4, -0.2) is 63.8 Å². The van der Waals surface area contributed by atoms with Crippen molar-refractivity contribution in [3.05, 3.63) is 34.9 Å². The highest BCUT2D eigenvalue weighted by Gasteiger charge is 2.44. The Morgan fingerprint density at radius 1 is 1.23 bits per heavy atom. The number of rotatable bonds is 8. The van der Waals surface area contributed by atoms with Gasteiger partial charge in [-0.05, 0) is 49.9 Å². The summed E-state index contributed by atoms with van der Waals surface area (Å²) >= 11 is 6.16. The fourth-order valence-corrected chi connectivity index (χ4v) is 3.69. The Bertz CT molecular complexity index is 597. The van der Waals surface area contributed by atoms with Crippen LogP contribution in [0, 0.1) is 0 Å². The van der Waals surface area contributed by atoms with E-state index in [1.807, 2.05) is 19.2 Å². The van der Waals surface area contributed by atoms with Gasteiger partial charge < -0.3 is 15.4 Å². The number of hydrogen-bond donors (Lipinski definition) is 2. The molecule has 2 N–H and O–H groups in total. The molecule has 0 spiro atoms. The SMILES string of the molecule is CN=C(NCCCCN1CCOCC1)NCC1(c2cccc(Cl)c2)CC1. The molecular weight excluding hydrogens is 348 g/mol. The molecule has 1 saturated heterocycles. The molecule has 3 rings (SSSR count). The molecule has 1 aliphatic heterocycles. The maximum atomic E-state index is 6.16. The lowest BCUT2D eigenvalue weighted by Crippen LogP contribution is -2.41. The first kappa shape index (κ1) is 19.5. The van der Waals surface area contributed by atoms with Crippen LogP contribution < -0.4 is 10.6 Å². The van der Waals surface area contributed by atoms with Crippen LogP contribution in [-0.2, 0) is 10.2 Å². The largest absolute Gasteiger partial charge is 0.379 e. The van der Waals surface area contributed by atoms with Crippen molar-refractivity contribution in [2.75, 3.05) is 53.0 Å². The van der Waals surface area contributed by atoms with Gasteiger partial charge in [-0.25, -0.2) is 0 Å². The second kappa shape index (κ2) is 9.58. The van der Waals surface area contributed by atoms with Crippen molar-refractivity contribution in [2.45, 2.75) is 31.1 Å². The number of nitrogens with zero attached hydrogens (tertiary/aromatic N) is 2. The highest BCUT2D eigenvalue weighted by Crippen LogP contribution is 2.48. The summed E-state index contributed by atoms with van der Waals surface area (Å²) in [4.78, 5) is 6.84. The zero-order valence-electron chi connectivity index (χ0n) is 15.8. The Morgan fingerprint density at radius 3 is 2.73 bits per heavy atom. The molecule has 2 aliphatic rings. The molecule has 1 aliphatic carbocycles. The van der Waals surface area contributed by atoms with E-state index in [1.54, 1.807) is 0 Å². The van der Waals surface area contributed by atoms with Gasteiger partial charge in [0.05, 0.1) is 13.2 Å². The van der Waals surface area contributed by atoms with Gasteiger partial charge in [-0.15, -0.1) is 0 Å². The zero-order chi connectivity index (χ0) is 18.2. The number of benzene rings is 1. The summed E-state index contributed by atoms with van der Waals surface area (Å²) in [5.74, 6) is 0.893. The minimum atomic E-state index is 0.221. The van der Waals surface area contributed by atoms with E-state index in [9.17, 15) is 0 Å². The van der Waals surface area contributed by atoms with Crippen molar-refractivity contribution in [2.24, 2.45) is 4.99 Å². The predicted molar refractivity (Wildman–Crippen MR) is 108 cm³/mol. The molecule has 1 heterocycles. The fourth-order valence-electron chi connectivity index (χ4n) is 3.50. The Kier molecular flexibility index (Phi) is 7.17. The maximum absolute atomic E-state index is 6.16.